The molecule has 0 saturated carbocycles. The SMILES string of the molecule is CCNc1cn2ccnc2c(Nc2ccc(Br)cc2Br)n1. The quantitative estimate of drug-likeness (QED) is 0.667. The number of aromatic nitrogens is 3. The van der Waals surface area contributed by atoms with Crippen molar-refractivity contribution >= 4 is 54.8 Å². The van der Waals surface area contributed by atoms with Gasteiger partial charge in [0.05, 0.1) is 11.9 Å². The summed E-state index contributed by atoms with van der Waals surface area (Å²) in [5.41, 5.74) is 1.72. The molecule has 5 nitrogen and oxygen atoms in total. The summed E-state index contributed by atoms with van der Waals surface area (Å²) in [6.45, 7) is 2.85. The Morgan fingerprint density at radius 1 is 1.29 bits per heavy atom. The molecule has 3 rings (SSSR count). The molecule has 0 spiro atoms. The van der Waals surface area contributed by atoms with E-state index >= 15 is 0 Å². The molecule has 0 atom stereocenters. The van der Waals surface area contributed by atoms with Gasteiger partial charge >= 0.3 is 0 Å². The topological polar surface area (TPSA) is 54.2 Å². The highest BCUT2D eigenvalue weighted by Gasteiger charge is 2.09. The average Bonchev–Trinajstić information content (AvgIpc) is 2.91. The van der Waals surface area contributed by atoms with Crippen LogP contribution in [0.3, 0.4) is 0 Å². The van der Waals surface area contributed by atoms with Gasteiger partial charge < -0.3 is 15.0 Å². The fourth-order valence-electron chi connectivity index (χ4n) is 2.00. The van der Waals surface area contributed by atoms with Gasteiger partial charge in [-0.1, -0.05) is 15.9 Å². The zero-order valence-corrected chi connectivity index (χ0v) is 14.4. The number of hydrogen-bond donors (Lipinski definition) is 2. The van der Waals surface area contributed by atoms with Crippen LogP contribution in [-0.2, 0) is 0 Å². The molecule has 0 unspecified atom stereocenters. The van der Waals surface area contributed by atoms with E-state index < -0.39 is 0 Å². The minimum absolute atomic E-state index is 0.710. The van der Waals surface area contributed by atoms with E-state index in [2.05, 4.69) is 52.5 Å². The molecular weight excluding hydrogens is 398 g/mol. The van der Waals surface area contributed by atoms with Crippen LogP contribution < -0.4 is 10.6 Å². The molecule has 0 bridgehead atoms. The van der Waals surface area contributed by atoms with E-state index in [1.807, 2.05) is 41.9 Å². The van der Waals surface area contributed by atoms with Crippen LogP contribution in [0.4, 0.5) is 17.3 Å². The highest BCUT2D eigenvalue weighted by molar-refractivity contribution is 9.11. The summed E-state index contributed by atoms with van der Waals surface area (Å²) < 4.78 is 3.91. The summed E-state index contributed by atoms with van der Waals surface area (Å²) in [4.78, 5) is 8.93. The van der Waals surface area contributed by atoms with E-state index in [4.69, 9.17) is 0 Å². The fourth-order valence-corrected chi connectivity index (χ4v) is 3.15. The van der Waals surface area contributed by atoms with Gasteiger partial charge in [0, 0.05) is 27.9 Å². The summed E-state index contributed by atoms with van der Waals surface area (Å²) in [6.07, 6.45) is 5.59. The van der Waals surface area contributed by atoms with Crippen LogP contribution >= 0.6 is 31.9 Å². The van der Waals surface area contributed by atoms with Crippen molar-refractivity contribution in [3.63, 3.8) is 0 Å². The van der Waals surface area contributed by atoms with Crippen LogP contribution in [-0.4, -0.2) is 20.9 Å². The van der Waals surface area contributed by atoms with E-state index in [9.17, 15) is 0 Å². The average molecular weight is 411 g/mol. The van der Waals surface area contributed by atoms with Crippen LogP contribution in [0.2, 0.25) is 0 Å². The molecule has 0 radical (unpaired) electrons. The van der Waals surface area contributed by atoms with Crippen LogP contribution in [0.25, 0.3) is 5.65 Å². The van der Waals surface area contributed by atoms with Crippen LogP contribution in [0.15, 0.2) is 45.7 Å². The lowest BCUT2D eigenvalue weighted by atomic mass is 10.3. The summed E-state index contributed by atoms with van der Waals surface area (Å²) in [5, 5.41) is 6.55. The Morgan fingerprint density at radius 2 is 2.14 bits per heavy atom. The van der Waals surface area contributed by atoms with Crippen molar-refractivity contribution in [2.45, 2.75) is 6.92 Å². The number of halogens is 2. The number of benzene rings is 1. The molecule has 0 fully saturated rings. The Hall–Kier alpha value is -1.60. The molecule has 7 heteroatoms. The molecule has 1 aromatic carbocycles. The van der Waals surface area contributed by atoms with E-state index in [0.29, 0.717) is 5.82 Å². The number of nitrogens with zero attached hydrogens (tertiary/aromatic N) is 3. The van der Waals surface area contributed by atoms with Gasteiger partial charge in [0.2, 0.25) is 0 Å². The third-order valence-electron chi connectivity index (χ3n) is 2.92. The zero-order valence-electron chi connectivity index (χ0n) is 11.3. The molecule has 2 N–H and O–H groups in total. The monoisotopic (exact) mass is 409 g/mol. The van der Waals surface area contributed by atoms with Crippen LogP contribution in [0.5, 0.6) is 0 Å². The van der Waals surface area contributed by atoms with Gasteiger partial charge in [-0.15, -0.1) is 0 Å². The summed E-state index contributed by atoms with van der Waals surface area (Å²) in [6, 6.07) is 5.94. The number of fused-ring (bicyclic) bond motifs is 1. The number of imidazole rings is 1. The standard InChI is InChI=1S/C14H13Br2N5/c1-2-17-12-8-21-6-5-18-14(21)13(20-12)19-11-4-3-9(15)7-10(11)16/h3-8,17H,2H2,1H3,(H,19,20). The molecule has 21 heavy (non-hydrogen) atoms. The number of anilines is 3. The Morgan fingerprint density at radius 3 is 2.90 bits per heavy atom. The predicted octanol–water partition coefficient (Wildman–Crippen LogP) is 4.43. The van der Waals surface area contributed by atoms with Crippen molar-refractivity contribution in [1.82, 2.24) is 14.4 Å². The predicted molar refractivity (Wildman–Crippen MR) is 92.3 cm³/mol. The first-order valence-electron chi connectivity index (χ1n) is 6.47. The smallest absolute Gasteiger partial charge is 0.180 e. The van der Waals surface area contributed by atoms with Gasteiger partial charge in [-0.3, -0.25) is 0 Å². The molecule has 0 amide bonds. The van der Waals surface area contributed by atoms with E-state index in [0.717, 1.165) is 32.6 Å². The summed E-state index contributed by atoms with van der Waals surface area (Å²) in [7, 11) is 0. The Labute approximate surface area is 139 Å². The summed E-state index contributed by atoms with van der Waals surface area (Å²) >= 11 is 6.99. The maximum absolute atomic E-state index is 4.58. The van der Waals surface area contributed by atoms with E-state index in [1.165, 1.54) is 0 Å². The largest absolute Gasteiger partial charge is 0.369 e. The molecule has 2 heterocycles. The van der Waals surface area contributed by atoms with Crippen molar-refractivity contribution in [3.8, 4) is 0 Å². The van der Waals surface area contributed by atoms with Gasteiger partial charge in [0.15, 0.2) is 11.5 Å². The maximum atomic E-state index is 4.58. The summed E-state index contributed by atoms with van der Waals surface area (Å²) in [5.74, 6) is 1.51. The van der Waals surface area contributed by atoms with Crippen molar-refractivity contribution in [3.05, 3.63) is 45.7 Å². The fraction of sp³-hybridized carbons (Fsp3) is 0.143. The second-order valence-corrected chi connectivity index (χ2v) is 6.18. The van der Waals surface area contributed by atoms with Crippen molar-refractivity contribution in [2.24, 2.45) is 0 Å². The second kappa shape index (κ2) is 6.03. The second-order valence-electron chi connectivity index (χ2n) is 4.41. The molecule has 0 aliphatic carbocycles. The minimum atomic E-state index is 0.710. The molecule has 3 aromatic rings. The number of nitrogens with one attached hydrogen (secondary N) is 2. The molecular formula is C14H13Br2N5. The van der Waals surface area contributed by atoms with Gasteiger partial charge in [0.1, 0.15) is 5.82 Å². The molecule has 0 aliphatic rings. The maximum Gasteiger partial charge on any atom is 0.180 e. The van der Waals surface area contributed by atoms with Gasteiger partial charge in [-0.05, 0) is 41.1 Å². The number of rotatable bonds is 4. The zero-order chi connectivity index (χ0) is 14.8. The Balaban J connectivity index is 2.04. The van der Waals surface area contributed by atoms with Crippen molar-refractivity contribution in [1.29, 1.82) is 0 Å². The first-order chi connectivity index (χ1) is 10.2. The van der Waals surface area contributed by atoms with Crippen LogP contribution in [0, 0.1) is 0 Å². The third kappa shape index (κ3) is 3.03. The van der Waals surface area contributed by atoms with E-state index in [-0.39, 0.29) is 0 Å². The molecule has 0 aliphatic heterocycles. The van der Waals surface area contributed by atoms with Gasteiger partial charge in [-0.25, -0.2) is 9.97 Å². The van der Waals surface area contributed by atoms with E-state index in [1.54, 1.807) is 6.20 Å². The first kappa shape index (κ1) is 14.3. The lowest BCUT2D eigenvalue weighted by Crippen LogP contribution is -2.05. The number of hydrogen-bond acceptors (Lipinski definition) is 4. The minimum Gasteiger partial charge on any atom is -0.369 e. The van der Waals surface area contributed by atoms with Gasteiger partial charge in [-0.2, -0.15) is 0 Å². The Bertz CT molecular complexity index is 784. The van der Waals surface area contributed by atoms with Crippen molar-refractivity contribution < 1.29 is 0 Å². The lowest BCUT2D eigenvalue weighted by molar-refractivity contribution is 1.09. The molecule has 0 saturated heterocycles. The Kier molecular flexibility index (Phi) is 4.12. The highest BCUT2D eigenvalue weighted by atomic mass is 79.9. The first-order valence-corrected chi connectivity index (χ1v) is 8.05. The third-order valence-corrected chi connectivity index (χ3v) is 4.07. The normalized spacial score (nSPS) is 10.8. The van der Waals surface area contributed by atoms with Crippen LogP contribution in [0.1, 0.15) is 6.92 Å². The lowest BCUT2D eigenvalue weighted by Gasteiger charge is -2.11. The highest BCUT2D eigenvalue weighted by Crippen LogP contribution is 2.29. The van der Waals surface area contributed by atoms with Gasteiger partial charge in [0.25, 0.3) is 0 Å². The molecule has 108 valence electrons. The molecule has 2 aromatic heterocycles. The van der Waals surface area contributed by atoms with Crippen molar-refractivity contribution in [2.75, 3.05) is 17.2 Å².